The summed E-state index contributed by atoms with van der Waals surface area (Å²) in [7, 11) is 0. The lowest BCUT2D eigenvalue weighted by molar-refractivity contribution is -0.137. The summed E-state index contributed by atoms with van der Waals surface area (Å²) in [5.41, 5.74) is 2.31. The highest BCUT2D eigenvalue weighted by Gasteiger charge is 2.34. The summed E-state index contributed by atoms with van der Waals surface area (Å²) in [6, 6.07) is -0.249. The predicted molar refractivity (Wildman–Crippen MR) is 63.1 cm³/mol. The molecule has 1 fully saturated rings. The van der Waals surface area contributed by atoms with Gasteiger partial charge in [-0.25, -0.2) is 4.98 Å². The van der Waals surface area contributed by atoms with Gasteiger partial charge in [0.25, 0.3) is 5.91 Å². The van der Waals surface area contributed by atoms with Crippen LogP contribution in [0.2, 0.25) is 0 Å². The van der Waals surface area contributed by atoms with E-state index < -0.39 is 5.97 Å². The fourth-order valence-electron chi connectivity index (χ4n) is 1.78. The molecule has 2 N–H and O–H groups in total. The largest absolute Gasteiger partial charge is 0.481 e. The van der Waals surface area contributed by atoms with Gasteiger partial charge in [-0.3, -0.25) is 9.59 Å². The summed E-state index contributed by atoms with van der Waals surface area (Å²) in [6.07, 6.45) is 1.99. The zero-order valence-corrected chi connectivity index (χ0v) is 10.3. The van der Waals surface area contributed by atoms with E-state index in [0.29, 0.717) is 16.5 Å². The molecule has 92 valence electrons. The Bertz CT molecular complexity index is 440. The Morgan fingerprint density at radius 3 is 2.82 bits per heavy atom. The molecule has 1 aromatic rings. The van der Waals surface area contributed by atoms with Crippen molar-refractivity contribution in [2.24, 2.45) is 5.92 Å². The van der Waals surface area contributed by atoms with Crippen molar-refractivity contribution in [3.05, 3.63) is 16.1 Å². The van der Waals surface area contributed by atoms with Gasteiger partial charge < -0.3 is 10.4 Å². The van der Waals surface area contributed by atoms with E-state index in [-0.39, 0.29) is 18.4 Å². The first-order valence-electron chi connectivity index (χ1n) is 5.50. The molecule has 0 unspecified atom stereocenters. The third kappa shape index (κ3) is 3.03. The quantitative estimate of drug-likeness (QED) is 0.833. The Balaban J connectivity index is 2.00. The highest BCUT2D eigenvalue weighted by molar-refractivity contribution is 7.11. The molecule has 1 aliphatic rings. The molecule has 1 aromatic heterocycles. The Kier molecular flexibility index (Phi) is 3.42. The number of carboxylic acids is 1. The predicted octanol–water partition coefficient (Wildman–Crippen LogP) is 1.43. The van der Waals surface area contributed by atoms with E-state index >= 15 is 0 Å². The molecule has 1 heterocycles. The number of thiazole rings is 1. The van der Waals surface area contributed by atoms with Crippen molar-refractivity contribution in [3.63, 3.8) is 0 Å². The van der Waals surface area contributed by atoms with Gasteiger partial charge in [-0.1, -0.05) is 0 Å². The van der Waals surface area contributed by atoms with E-state index in [2.05, 4.69) is 10.3 Å². The molecule has 1 aliphatic carbocycles. The third-order valence-electron chi connectivity index (χ3n) is 2.85. The first-order chi connectivity index (χ1) is 8.08. The van der Waals surface area contributed by atoms with Crippen LogP contribution in [-0.2, 0) is 4.79 Å². The van der Waals surface area contributed by atoms with Crippen molar-refractivity contribution in [1.82, 2.24) is 10.3 Å². The number of amides is 1. The van der Waals surface area contributed by atoms with Crippen molar-refractivity contribution in [1.29, 1.82) is 0 Å². The maximum absolute atomic E-state index is 11.9. The standard InChI is InChI=1S/C11H14N2O3S/c1-6-10(17-5-12-6)11(16)13-8(4-9(14)15)7-2-3-7/h5,7-8H,2-4H2,1H3,(H,13,16)(H,14,15)/t8-/m1/s1. The molecule has 0 radical (unpaired) electrons. The number of carboxylic acid groups (broad SMARTS) is 1. The fraction of sp³-hybridized carbons (Fsp3) is 0.545. The second-order valence-electron chi connectivity index (χ2n) is 4.28. The number of carbonyl (C=O) groups excluding carboxylic acids is 1. The van der Waals surface area contributed by atoms with Gasteiger partial charge in [0.15, 0.2) is 0 Å². The molecule has 6 heteroatoms. The normalized spacial score (nSPS) is 16.5. The number of hydrogen-bond donors (Lipinski definition) is 2. The molecule has 0 saturated heterocycles. The Hall–Kier alpha value is -1.43. The van der Waals surface area contributed by atoms with E-state index in [0.717, 1.165) is 12.8 Å². The van der Waals surface area contributed by atoms with Gasteiger partial charge in [-0.15, -0.1) is 11.3 Å². The summed E-state index contributed by atoms with van der Waals surface area (Å²) < 4.78 is 0. The zero-order valence-electron chi connectivity index (χ0n) is 9.47. The van der Waals surface area contributed by atoms with Crippen LogP contribution in [0.1, 0.15) is 34.6 Å². The molecule has 0 aromatic carbocycles. The number of carbonyl (C=O) groups is 2. The molecule has 0 aliphatic heterocycles. The molecular formula is C11H14N2O3S. The molecule has 17 heavy (non-hydrogen) atoms. The maximum atomic E-state index is 11.9. The lowest BCUT2D eigenvalue weighted by atomic mass is 10.1. The van der Waals surface area contributed by atoms with Crippen LogP contribution in [0.25, 0.3) is 0 Å². The number of nitrogens with zero attached hydrogens (tertiary/aromatic N) is 1. The van der Waals surface area contributed by atoms with Crippen molar-refractivity contribution in [2.45, 2.75) is 32.2 Å². The van der Waals surface area contributed by atoms with E-state index in [1.165, 1.54) is 11.3 Å². The minimum Gasteiger partial charge on any atom is -0.481 e. The van der Waals surface area contributed by atoms with Crippen LogP contribution < -0.4 is 5.32 Å². The first-order valence-corrected chi connectivity index (χ1v) is 6.38. The average molecular weight is 254 g/mol. The number of nitrogens with one attached hydrogen (secondary N) is 1. The Morgan fingerprint density at radius 1 is 1.65 bits per heavy atom. The van der Waals surface area contributed by atoms with Gasteiger partial charge in [0.05, 0.1) is 17.6 Å². The van der Waals surface area contributed by atoms with Crippen molar-refractivity contribution in [3.8, 4) is 0 Å². The molecule has 1 atom stereocenters. The Morgan fingerprint density at radius 2 is 2.35 bits per heavy atom. The molecule has 2 rings (SSSR count). The molecule has 0 bridgehead atoms. The summed E-state index contributed by atoms with van der Waals surface area (Å²) in [5, 5.41) is 11.6. The van der Waals surface area contributed by atoms with Crippen molar-refractivity contribution >= 4 is 23.2 Å². The van der Waals surface area contributed by atoms with E-state index in [9.17, 15) is 9.59 Å². The van der Waals surface area contributed by atoms with Gasteiger partial charge in [-0.2, -0.15) is 0 Å². The van der Waals surface area contributed by atoms with Crippen molar-refractivity contribution in [2.75, 3.05) is 0 Å². The third-order valence-corrected chi connectivity index (χ3v) is 3.78. The van der Waals surface area contributed by atoms with Crippen LogP contribution in [0.4, 0.5) is 0 Å². The highest BCUT2D eigenvalue weighted by atomic mass is 32.1. The average Bonchev–Trinajstić information content (AvgIpc) is 3.00. The lowest BCUT2D eigenvalue weighted by Crippen LogP contribution is -2.38. The van der Waals surface area contributed by atoms with Gasteiger partial charge in [0, 0.05) is 6.04 Å². The minimum atomic E-state index is -0.872. The van der Waals surface area contributed by atoms with Crippen LogP contribution >= 0.6 is 11.3 Å². The van der Waals surface area contributed by atoms with E-state index in [1.807, 2.05) is 0 Å². The second-order valence-corrected chi connectivity index (χ2v) is 5.14. The molecular weight excluding hydrogens is 240 g/mol. The number of hydrogen-bond acceptors (Lipinski definition) is 4. The van der Waals surface area contributed by atoms with Gasteiger partial charge in [0.2, 0.25) is 0 Å². The monoisotopic (exact) mass is 254 g/mol. The van der Waals surface area contributed by atoms with Gasteiger partial charge in [0.1, 0.15) is 4.88 Å². The molecule has 5 nitrogen and oxygen atoms in total. The number of aromatic nitrogens is 1. The zero-order chi connectivity index (χ0) is 12.4. The molecule has 1 amide bonds. The summed E-state index contributed by atoms with van der Waals surface area (Å²) in [4.78, 5) is 27.2. The summed E-state index contributed by atoms with van der Waals surface area (Å²) >= 11 is 1.28. The van der Waals surface area contributed by atoms with E-state index in [1.54, 1.807) is 12.4 Å². The maximum Gasteiger partial charge on any atom is 0.305 e. The summed E-state index contributed by atoms with van der Waals surface area (Å²) in [6.45, 7) is 1.77. The van der Waals surface area contributed by atoms with Crippen LogP contribution in [0.15, 0.2) is 5.51 Å². The number of aryl methyl sites for hydroxylation is 1. The fourth-order valence-corrected chi connectivity index (χ4v) is 2.48. The number of aliphatic carboxylic acids is 1. The topological polar surface area (TPSA) is 79.3 Å². The van der Waals surface area contributed by atoms with Crippen LogP contribution in [0.3, 0.4) is 0 Å². The van der Waals surface area contributed by atoms with Crippen LogP contribution in [-0.4, -0.2) is 28.0 Å². The van der Waals surface area contributed by atoms with Crippen LogP contribution in [0.5, 0.6) is 0 Å². The first kappa shape index (κ1) is 12.0. The van der Waals surface area contributed by atoms with Gasteiger partial charge in [-0.05, 0) is 25.7 Å². The Labute approximate surface area is 103 Å². The number of rotatable bonds is 5. The second kappa shape index (κ2) is 4.83. The molecule has 1 saturated carbocycles. The van der Waals surface area contributed by atoms with E-state index in [4.69, 9.17) is 5.11 Å². The van der Waals surface area contributed by atoms with Crippen molar-refractivity contribution < 1.29 is 14.7 Å². The summed E-state index contributed by atoms with van der Waals surface area (Å²) in [5.74, 6) is -0.755. The van der Waals surface area contributed by atoms with Gasteiger partial charge >= 0.3 is 5.97 Å². The minimum absolute atomic E-state index is 0.00570. The lowest BCUT2D eigenvalue weighted by Gasteiger charge is -2.15. The van der Waals surface area contributed by atoms with Crippen LogP contribution in [0, 0.1) is 12.8 Å². The SMILES string of the molecule is Cc1ncsc1C(=O)N[C@H](CC(=O)O)C1CC1. The highest BCUT2D eigenvalue weighted by Crippen LogP contribution is 2.34. The molecule has 0 spiro atoms. The smallest absolute Gasteiger partial charge is 0.305 e.